The Balaban J connectivity index is 2.05. The van der Waals surface area contributed by atoms with Crippen LogP contribution in [0.15, 0.2) is 36.4 Å². The van der Waals surface area contributed by atoms with E-state index >= 15 is 0 Å². The van der Waals surface area contributed by atoms with E-state index in [1.165, 1.54) is 6.92 Å². The molecule has 0 spiro atoms. The minimum Gasteiger partial charge on any atom is -0.506 e. The van der Waals surface area contributed by atoms with Crippen LogP contribution in [0.25, 0.3) is 6.08 Å². The number of aliphatic hydroxyl groups is 1. The van der Waals surface area contributed by atoms with E-state index in [-0.39, 0.29) is 23.5 Å². The summed E-state index contributed by atoms with van der Waals surface area (Å²) in [7, 11) is 0. The van der Waals surface area contributed by atoms with E-state index in [0.717, 1.165) is 5.56 Å². The summed E-state index contributed by atoms with van der Waals surface area (Å²) in [4.78, 5) is 25.8. The van der Waals surface area contributed by atoms with Gasteiger partial charge in [-0.25, -0.2) is 0 Å². The summed E-state index contributed by atoms with van der Waals surface area (Å²) in [5, 5.41) is 21.1. The van der Waals surface area contributed by atoms with E-state index in [1.54, 1.807) is 19.1 Å². The van der Waals surface area contributed by atoms with E-state index in [4.69, 9.17) is 9.47 Å². The van der Waals surface area contributed by atoms with Crippen molar-refractivity contribution in [2.75, 3.05) is 0 Å². The SMILES string of the molecule is C[C@H](O)[C@@H](C)C(=O)c1c(O)c2c(c3c1OC(=O)C[C@@H]3c1ccccc1)OC(C)(C)C=C2. The molecule has 6 heteroatoms. The first-order valence-electron chi connectivity index (χ1n) is 10.4. The summed E-state index contributed by atoms with van der Waals surface area (Å²) >= 11 is 0. The van der Waals surface area contributed by atoms with Gasteiger partial charge >= 0.3 is 5.97 Å². The van der Waals surface area contributed by atoms with Gasteiger partial charge in [-0.2, -0.15) is 0 Å². The number of ketones is 1. The number of hydrogen-bond acceptors (Lipinski definition) is 6. The van der Waals surface area contributed by atoms with Gasteiger partial charge in [0.2, 0.25) is 0 Å². The van der Waals surface area contributed by atoms with Crippen LogP contribution >= 0.6 is 0 Å². The first-order chi connectivity index (χ1) is 14.6. The molecule has 0 saturated carbocycles. The minimum atomic E-state index is -0.937. The zero-order chi connectivity index (χ0) is 22.5. The van der Waals surface area contributed by atoms with Crippen molar-refractivity contribution in [1.82, 2.24) is 0 Å². The van der Waals surface area contributed by atoms with Crippen LogP contribution < -0.4 is 9.47 Å². The minimum absolute atomic E-state index is 0.0185. The topological polar surface area (TPSA) is 93.1 Å². The molecule has 0 amide bonds. The van der Waals surface area contributed by atoms with E-state index in [1.807, 2.05) is 44.2 Å². The molecule has 0 unspecified atom stereocenters. The quantitative estimate of drug-likeness (QED) is 0.435. The molecule has 2 heterocycles. The molecule has 0 saturated heterocycles. The van der Waals surface area contributed by atoms with Gasteiger partial charge in [0.15, 0.2) is 11.5 Å². The van der Waals surface area contributed by atoms with Crippen LogP contribution in [-0.4, -0.2) is 33.7 Å². The Morgan fingerprint density at radius 1 is 1.16 bits per heavy atom. The molecule has 2 aromatic rings. The Morgan fingerprint density at radius 3 is 2.48 bits per heavy atom. The molecule has 0 bridgehead atoms. The van der Waals surface area contributed by atoms with Gasteiger partial charge in [0.25, 0.3) is 0 Å². The van der Waals surface area contributed by atoms with Crippen molar-refractivity contribution in [2.45, 2.75) is 51.7 Å². The van der Waals surface area contributed by atoms with Crippen molar-refractivity contribution in [3.8, 4) is 17.2 Å². The third-order valence-corrected chi connectivity index (χ3v) is 5.99. The molecule has 0 radical (unpaired) electrons. The summed E-state index contributed by atoms with van der Waals surface area (Å²) in [6, 6.07) is 9.48. The highest BCUT2D eigenvalue weighted by molar-refractivity contribution is 6.06. The number of phenolic OH excluding ortho intramolecular Hbond substituents is 1. The molecular weight excluding hydrogens is 396 g/mol. The van der Waals surface area contributed by atoms with Crippen molar-refractivity contribution >= 4 is 17.8 Å². The lowest BCUT2D eigenvalue weighted by molar-refractivity contribution is -0.135. The number of esters is 1. The fourth-order valence-electron chi connectivity index (χ4n) is 4.07. The summed E-state index contributed by atoms with van der Waals surface area (Å²) < 4.78 is 11.8. The number of ether oxygens (including phenoxy) is 2. The molecule has 0 aromatic heterocycles. The largest absolute Gasteiger partial charge is 0.506 e. The van der Waals surface area contributed by atoms with Crippen LogP contribution in [0, 0.1) is 5.92 Å². The van der Waals surface area contributed by atoms with Gasteiger partial charge in [0.1, 0.15) is 22.7 Å². The van der Waals surface area contributed by atoms with Crippen molar-refractivity contribution in [3.05, 3.63) is 58.7 Å². The highest BCUT2D eigenvalue weighted by atomic mass is 16.5. The average Bonchev–Trinajstić information content (AvgIpc) is 2.72. The van der Waals surface area contributed by atoms with Gasteiger partial charge in [0.05, 0.1) is 18.1 Å². The highest BCUT2D eigenvalue weighted by Gasteiger charge is 2.41. The zero-order valence-corrected chi connectivity index (χ0v) is 18.0. The lowest BCUT2D eigenvalue weighted by Crippen LogP contribution is -2.32. The highest BCUT2D eigenvalue weighted by Crippen LogP contribution is 2.54. The Morgan fingerprint density at radius 2 is 1.84 bits per heavy atom. The van der Waals surface area contributed by atoms with Crippen LogP contribution in [0.4, 0.5) is 0 Å². The first-order valence-corrected chi connectivity index (χ1v) is 10.4. The number of phenols is 1. The van der Waals surface area contributed by atoms with Crippen molar-refractivity contribution in [3.63, 3.8) is 0 Å². The van der Waals surface area contributed by atoms with Gasteiger partial charge in [-0.05, 0) is 38.5 Å². The second-order valence-corrected chi connectivity index (χ2v) is 8.78. The standard InChI is InChI=1S/C25H26O6/c1-13(14(2)26)21(28)20-22(29)16-10-11-25(3,4)31-23(16)19-17(12-18(27)30-24(19)20)15-8-6-5-7-9-15/h5-11,13-14,17,26,29H,12H2,1-4H3/t13-,14+,17-/m1/s1. The molecule has 31 heavy (non-hydrogen) atoms. The second kappa shape index (κ2) is 7.54. The number of fused-ring (bicyclic) bond motifs is 3. The van der Waals surface area contributed by atoms with Gasteiger partial charge in [-0.3, -0.25) is 9.59 Å². The monoisotopic (exact) mass is 422 g/mol. The number of carbonyl (C=O) groups is 2. The smallest absolute Gasteiger partial charge is 0.312 e. The molecule has 2 aromatic carbocycles. The zero-order valence-electron chi connectivity index (χ0n) is 18.0. The van der Waals surface area contributed by atoms with Crippen LogP contribution in [0.5, 0.6) is 17.2 Å². The molecule has 0 fully saturated rings. The number of aliphatic hydroxyl groups excluding tert-OH is 1. The van der Waals surface area contributed by atoms with Crippen molar-refractivity contribution < 1.29 is 29.3 Å². The number of Topliss-reactive ketones (excluding diaryl/α,β-unsaturated/α-hetero) is 1. The summed E-state index contributed by atoms with van der Waals surface area (Å²) in [5.74, 6) is -2.07. The third kappa shape index (κ3) is 3.61. The fourth-order valence-corrected chi connectivity index (χ4v) is 4.07. The molecule has 4 rings (SSSR count). The van der Waals surface area contributed by atoms with Crippen LogP contribution in [0.1, 0.15) is 67.1 Å². The normalized spacial score (nSPS) is 20.7. The maximum atomic E-state index is 13.3. The third-order valence-electron chi connectivity index (χ3n) is 5.99. The Hall–Kier alpha value is -3.12. The summed E-state index contributed by atoms with van der Waals surface area (Å²) in [5.41, 5.74) is 1.08. The van der Waals surface area contributed by atoms with Gasteiger partial charge in [-0.15, -0.1) is 0 Å². The van der Waals surface area contributed by atoms with Crippen LogP contribution in [-0.2, 0) is 4.79 Å². The number of aromatic hydroxyl groups is 1. The maximum absolute atomic E-state index is 13.3. The number of benzene rings is 2. The molecule has 2 aliphatic heterocycles. The van der Waals surface area contributed by atoms with E-state index in [0.29, 0.717) is 16.9 Å². The molecule has 6 nitrogen and oxygen atoms in total. The van der Waals surface area contributed by atoms with Crippen LogP contribution in [0.2, 0.25) is 0 Å². The van der Waals surface area contributed by atoms with Crippen molar-refractivity contribution in [1.29, 1.82) is 0 Å². The average molecular weight is 422 g/mol. The number of rotatable bonds is 4. The number of hydrogen-bond donors (Lipinski definition) is 2. The second-order valence-electron chi connectivity index (χ2n) is 8.78. The molecule has 0 aliphatic carbocycles. The fraction of sp³-hybridized carbons (Fsp3) is 0.360. The Kier molecular flexibility index (Phi) is 5.13. The van der Waals surface area contributed by atoms with E-state index in [2.05, 4.69) is 0 Å². The van der Waals surface area contributed by atoms with Gasteiger partial charge in [0, 0.05) is 17.4 Å². The van der Waals surface area contributed by atoms with Gasteiger partial charge < -0.3 is 19.7 Å². The van der Waals surface area contributed by atoms with E-state index < -0.39 is 35.3 Å². The van der Waals surface area contributed by atoms with Crippen LogP contribution in [0.3, 0.4) is 0 Å². The Labute approximate surface area is 181 Å². The summed E-state index contributed by atoms with van der Waals surface area (Å²) in [6.45, 7) is 6.86. The lowest BCUT2D eigenvalue weighted by Gasteiger charge is -2.35. The summed E-state index contributed by atoms with van der Waals surface area (Å²) in [6.07, 6.45) is 2.69. The molecule has 3 atom stereocenters. The number of carbonyl (C=O) groups excluding carboxylic acids is 2. The lowest BCUT2D eigenvalue weighted by atomic mass is 9.80. The Bertz CT molecular complexity index is 1080. The predicted molar refractivity (Wildman–Crippen MR) is 116 cm³/mol. The maximum Gasteiger partial charge on any atom is 0.312 e. The molecule has 2 N–H and O–H groups in total. The molecular formula is C25H26O6. The van der Waals surface area contributed by atoms with Crippen molar-refractivity contribution in [2.24, 2.45) is 5.92 Å². The predicted octanol–water partition coefficient (Wildman–Crippen LogP) is 4.22. The van der Waals surface area contributed by atoms with Gasteiger partial charge in [-0.1, -0.05) is 37.3 Å². The van der Waals surface area contributed by atoms with E-state index in [9.17, 15) is 19.8 Å². The first kappa shape index (κ1) is 21.1. The molecule has 2 aliphatic rings. The molecule has 162 valence electrons.